The number of aryl methyl sites for hydroxylation is 1. The second-order valence-electron chi connectivity index (χ2n) is 9.72. The highest BCUT2D eigenvalue weighted by molar-refractivity contribution is 5.92. The van der Waals surface area contributed by atoms with Gasteiger partial charge in [-0.2, -0.15) is 5.21 Å². The van der Waals surface area contributed by atoms with Crippen LogP contribution in [0.3, 0.4) is 0 Å². The Morgan fingerprint density at radius 1 is 0.927 bits per heavy atom. The van der Waals surface area contributed by atoms with Gasteiger partial charge in [-0.15, -0.1) is 10.2 Å². The average Bonchev–Trinajstić information content (AvgIpc) is 3.66. The second kappa shape index (κ2) is 11.4. The number of carbonyl (C=O) groups excluding carboxylic acids is 1. The Hall–Kier alpha value is -5.38. The number of pyridine rings is 1. The van der Waals surface area contributed by atoms with Crippen molar-refractivity contribution in [1.29, 1.82) is 0 Å². The van der Waals surface area contributed by atoms with Crippen molar-refractivity contribution in [1.82, 2.24) is 34.7 Å². The predicted molar refractivity (Wildman–Crippen MR) is 158 cm³/mol. The number of fused-ring (bicyclic) bond motifs is 1. The minimum absolute atomic E-state index is 0.406. The predicted octanol–water partition coefficient (Wildman–Crippen LogP) is 5.52. The Morgan fingerprint density at radius 2 is 1.68 bits per heavy atom. The fourth-order valence-corrected chi connectivity index (χ4v) is 4.93. The number of rotatable bonds is 8. The SMILES string of the molecule is CCCCc1nc2ccn(C(=O)Nc3ccccc3)c(=O)c2n1Cc1ccc(-c2ccccc2-c2nn[nH]n2)cc1. The third kappa shape index (κ3) is 5.27. The van der Waals surface area contributed by atoms with Crippen molar-refractivity contribution in [2.75, 3.05) is 5.32 Å². The zero-order chi connectivity index (χ0) is 28.2. The van der Waals surface area contributed by atoms with Gasteiger partial charge in [0.25, 0.3) is 5.56 Å². The summed E-state index contributed by atoms with van der Waals surface area (Å²) in [6, 6.07) is 26.4. The van der Waals surface area contributed by atoms with Gasteiger partial charge in [0.05, 0.1) is 5.52 Å². The van der Waals surface area contributed by atoms with Gasteiger partial charge >= 0.3 is 6.03 Å². The molecule has 3 heterocycles. The first-order valence-electron chi connectivity index (χ1n) is 13.5. The Balaban J connectivity index is 1.35. The lowest BCUT2D eigenvalue weighted by molar-refractivity contribution is 0.253. The largest absolute Gasteiger partial charge is 0.333 e. The number of aromatic nitrogens is 7. The maximum Gasteiger partial charge on any atom is 0.333 e. The number of amides is 1. The molecule has 0 atom stereocenters. The quantitative estimate of drug-likeness (QED) is 0.260. The summed E-state index contributed by atoms with van der Waals surface area (Å²) in [7, 11) is 0. The van der Waals surface area contributed by atoms with Crippen molar-refractivity contribution in [2.45, 2.75) is 32.7 Å². The molecule has 10 nitrogen and oxygen atoms in total. The Labute approximate surface area is 235 Å². The second-order valence-corrected chi connectivity index (χ2v) is 9.72. The molecule has 3 aromatic heterocycles. The van der Waals surface area contributed by atoms with Crippen molar-refractivity contribution in [3.8, 4) is 22.5 Å². The fraction of sp³-hybridized carbons (Fsp3) is 0.161. The highest BCUT2D eigenvalue weighted by atomic mass is 16.2. The van der Waals surface area contributed by atoms with E-state index in [1.165, 1.54) is 6.20 Å². The van der Waals surface area contributed by atoms with Crippen LogP contribution in [0.1, 0.15) is 31.2 Å². The van der Waals surface area contributed by atoms with E-state index in [4.69, 9.17) is 4.98 Å². The number of H-pyrrole nitrogens is 1. The zero-order valence-electron chi connectivity index (χ0n) is 22.5. The van der Waals surface area contributed by atoms with E-state index in [0.717, 1.165) is 51.9 Å². The van der Waals surface area contributed by atoms with E-state index < -0.39 is 11.6 Å². The Kier molecular flexibility index (Phi) is 7.19. The third-order valence-electron chi connectivity index (χ3n) is 6.99. The van der Waals surface area contributed by atoms with Crippen LogP contribution in [0.4, 0.5) is 10.5 Å². The number of nitrogens with one attached hydrogen (secondary N) is 2. The van der Waals surface area contributed by atoms with Gasteiger partial charge in [0, 0.05) is 30.4 Å². The van der Waals surface area contributed by atoms with Crippen LogP contribution >= 0.6 is 0 Å². The van der Waals surface area contributed by atoms with Crippen LogP contribution in [-0.4, -0.2) is 40.8 Å². The van der Waals surface area contributed by atoms with Gasteiger partial charge in [0.15, 0.2) is 0 Å². The number of imidazole rings is 1. The molecule has 0 fully saturated rings. The molecule has 0 saturated carbocycles. The smallest absolute Gasteiger partial charge is 0.319 e. The molecule has 0 unspecified atom stereocenters. The first kappa shape index (κ1) is 25.9. The van der Waals surface area contributed by atoms with Crippen LogP contribution in [-0.2, 0) is 13.0 Å². The maximum atomic E-state index is 13.7. The summed E-state index contributed by atoms with van der Waals surface area (Å²) < 4.78 is 3.05. The van der Waals surface area contributed by atoms with E-state index in [1.54, 1.807) is 18.2 Å². The van der Waals surface area contributed by atoms with Gasteiger partial charge in [-0.25, -0.2) is 14.3 Å². The van der Waals surface area contributed by atoms with Gasteiger partial charge in [0.2, 0.25) is 5.82 Å². The molecule has 6 aromatic rings. The van der Waals surface area contributed by atoms with Gasteiger partial charge in [-0.05, 0) is 46.5 Å². The number of para-hydroxylation sites is 1. The molecule has 204 valence electrons. The highest BCUT2D eigenvalue weighted by Gasteiger charge is 2.18. The van der Waals surface area contributed by atoms with E-state index in [9.17, 15) is 9.59 Å². The zero-order valence-corrected chi connectivity index (χ0v) is 22.5. The molecule has 0 aliphatic carbocycles. The highest BCUT2D eigenvalue weighted by Crippen LogP contribution is 2.30. The van der Waals surface area contributed by atoms with Gasteiger partial charge < -0.3 is 9.88 Å². The van der Waals surface area contributed by atoms with Crippen molar-refractivity contribution in [3.05, 3.63) is 113 Å². The molecule has 1 amide bonds. The molecule has 0 saturated heterocycles. The standard InChI is InChI=1S/C31H28N8O2/c1-2-3-13-27-33-26-18-19-38(31(41)32-23-9-5-4-6-10-23)30(40)28(26)39(27)20-21-14-16-22(17-15-21)24-11-7-8-12-25(24)29-34-36-37-35-29/h4-12,14-19H,2-3,13,20H2,1H3,(H,32,41)(H,34,35,36,37). The molecule has 0 aliphatic rings. The van der Waals surface area contributed by atoms with Crippen LogP contribution in [0, 0.1) is 0 Å². The van der Waals surface area contributed by atoms with Crippen molar-refractivity contribution >= 4 is 22.8 Å². The number of hydrogen-bond acceptors (Lipinski definition) is 6. The molecule has 0 bridgehead atoms. The summed E-state index contributed by atoms with van der Waals surface area (Å²) in [5.41, 5.74) is 5.08. The number of carbonyl (C=O) groups is 1. The van der Waals surface area contributed by atoms with Crippen molar-refractivity contribution in [2.24, 2.45) is 0 Å². The molecular formula is C31H28N8O2. The van der Waals surface area contributed by atoms with Crippen LogP contribution in [0.15, 0.2) is 95.9 Å². The summed E-state index contributed by atoms with van der Waals surface area (Å²) in [4.78, 5) is 31.5. The van der Waals surface area contributed by atoms with E-state index in [-0.39, 0.29) is 0 Å². The molecule has 2 N–H and O–H groups in total. The molecular weight excluding hydrogens is 516 g/mol. The number of nitrogens with zero attached hydrogens (tertiary/aromatic N) is 6. The monoisotopic (exact) mass is 544 g/mol. The van der Waals surface area contributed by atoms with Gasteiger partial charge in [-0.1, -0.05) is 80.1 Å². The lowest BCUT2D eigenvalue weighted by Gasteiger charge is -2.12. The Morgan fingerprint density at radius 3 is 2.41 bits per heavy atom. The van der Waals surface area contributed by atoms with Crippen LogP contribution in [0.25, 0.3) is 33.5 Å². The number of anilines is 1. The number of benzene rings is 3. The molecule has 3 aromatic carbocycles. The first-order valence-corrected chi connectivity index (χ1v) is 13.5. The average molecular weight is 545 g/mol. The topological polar surface area (TPSA) is 123 Å². The molecule has 10 heteroatoms. The number of tetrazole rings is 1. The third-order valence-corrected chi connectivity index (χ3v) is 6.99. The van der Waals surface area contributed by atoms with Crippen LogP contribution in [0.5, 0.6) is 0 Å². The summed E-state index contributed by atoms with van der Waals surface area (Å²) in [6.07, 6.45) is 4.16. The van der Waals surface area contributed by atoms with E-state index in [1.807, 2.05) is 71.3 Å². The fourth-order valence-electron chi connectivity index (χ4n) is 4.93. The first-order chi connectivity index (χ1) is 20.1. The number of unbranched alkanes of at least 4 members (excludes halogenated alkanes) is 1. The van der Waals surface area contributed by atoms with Crippen molar-refractivity contribution in [3.63, 3.8) is 0 Å². The summed E-state index contributed by atoms with van der Waals surface area (Å²) in [5.74, 6) is 1.36. The number of hydrogen-bond donors (Lipinski definition) is 2. The molecule has 0 spiro atoms. The minimum Gasteiger partial charge on any atom is -0.319 e. The summed E-state index contributed by atoms with van der Waals surface area (Å²) in [5, 5.41) is 17.3. The minimum atomic E-state index is -0.518. The maximum absolute atomic E-state index is 13.7. The molecule has 6 rings (SSSR count). The van der Waals surface area contributed by atoms with Crippen LogP contribution < -0.4 is 10.9 Å². The number of aromatic amines is 1. The lowest BCUT2D eigenvalue weighted by Crippen LogP contribution is -2.31. The van der Waals surface area contributed by atoms with E-state index in [2.05, 4.69) is 32.9 Å². The summed E-state index contributed by atoms with van der Waals surface area (Å²) in [6.45, 7) is 2.57. The van der Waals surface area contributed by atoms with Crippen LogP contribution in [0.2, 0.25) is 0 Å². The molecule has 0 aliphatic heterocycles. The normalized spacial score (nSPS) is 11.1. The van der Waals surface area contributed by atoms with Gasteiger partial charge in [0.1, 0.15) is 11.3 Å². The molecule has 41 heavy (non-hydrogen) atoms. The lowest BCUT2D eigenvalue weighted by atomic mass is 9.98. The van der Waals surface area contributed by atoms with Gasteiger partial charge in [-0.3, -0.25) is 4.79 Å². The van der Waals surface area contributed by atoms with E-state index in [0.29, 0.717) is 29.1 Å². The van der Waals surface area contributed by atoms with Crippen molar-refractivity contribution < 1.29 is 4.79 Å². The molecule has 0 radical (unpaired) electrons. The van der Waals surface area contributed by atoms with E-state index >= 15 is 0 Å². The summed E-state index contributed by atoms with van der Waals surface area (Å²) >= 11 is 0. The Bertz CT molecular complexity index is 1860.